The van der Waals surface area contributed by atoms with Crippen molar-refractivity contribution in [3.8, 4) is 11.5 Å². The molecule has 4 rings (SSSR count). The van der Waals surface area contributed by atoms with Crippen LogP contribution in [0.15, 0.2) is 23.2 Å². The second kappa shape index (κ2) is 7.52. The Labute approximate surface area is 149 Å². The molecule has 2 aliphatic carbocycles. The molecule has 0 bridgehead atoms. The summed E-state index contributed by atoms with van der Waals surface area (Å²) < 4.78 is 10.8. The van der Waals surface area contributed by atoms with Crippen LogP contribution < -0.4 is 25.8 Å². The summed E-state index contributed by atoms with van der Waals surface area (Å²) in [6.07, 6.45) is 7.48. The van der Waals surface area contributed by atoms with Crippen molar-refractivity contribution in [1.29, 1.82) is 0 Å². The highest BCUT2D eigenvalue weighted by atomic mass is 16.7. The zero-order chi connectivity index (χ0) is 17.1. The minimum Gasteiger partial charge on any atom is -0.454 e. The lowest BCUT2D eigenvalue weighted by atomic mass is 9.81. The Morgan fingerprint density at radius 3 is 2.80 bits per heavy atom. The largest absolute Gasteiger partial charge is 0.454 e. The van der Waals surface area contributed by atoms with E-state index in [4.69, 9.17) is 20.2 Å². The van der Waals surface area contributed by atoms with Gasteiger partial charge in [0.1, 0.15) is 0 Å². The summed E-state index contributed by atoms with van der Waals surface area (Å²) in [7, 11) is 0. The van der Waals surface area contributed by atoms with Gasteiger partial charge in [0, 0.05) is 24.3 Å². The first kappa shape index (κ1) is 16.5. The van der Waals surface area contributed by atoms with Crippen LogP contribution in [0.3, 0.4) is 0 Å². The number of anilines is 1. The zero-order valence-electron chi connectivity index (χ0n) is 14.7. The first-order valence-electron chi connectivity index (χ1n) is 9.48. The highest BCUT2D eigenvalue weighted by molar-refractivity contribution is 5.94. The van der Waals surface area contributed by atoms with E-state index in [0.717, 1.165) is 36.2 Å². The average Bonchev–Trinajstić information content (AvgIpc) is 3.33. The summed E-state index contributed by atoms with van der Waals surface area (Å²) >= 11 is 0. The van der Waals surface area contributed by atoms with Crippen molar-refractivity contribution in [2.75, 3.05) is 25.2 Å². The third kappa shape index (κ3) is 4.37. The number of rotatable bonds is 5. The number of hydrogen-bond acceptors (Lipinski definition) is 4. The quantitative estimate of drug-likeness (QED) is 0.565. The van der Waals surface area contributed by atoms with Crippen LogP contribution in [0.4, 0.5) is 5.69 Å². The highest BCUT2D eigenvalue weighted by Gasteiger charge is 2.24. The van der Waals surface area contributed by atoms with Gasteiger partial charge < -0.3 is 25.8 Å². The van der Waals surface area contributed by atoms with E-state index in [0.29, 0.717) is 24.7 Å². The SMILES string of the molecule is NCC1CCCC(CN=C(Nc2ccc3c(c2)OCO3)NC2CC2)C1. The van der Waals surface area contributed by atoms with Crippen LogP contribution in [0.1, 0.15) is 38.5 Å². The first-order valence-corrected chi connectivity index (χ1v) is 9.48. The molecule has 25 heavy (non-hydrogen) atoms. The number of aliphatic imine (C=N–C) groups is 1. The Morgan fingerprint density at radius 1 is 1.12 bits per heavy atom. The van der Waals surface area contributed by atoms with Gasteiger partial charge in [-0.3, -0.25) is 4.99 Å². The van der Waals surface area contributed by atoms with Crippen LogP contribution in [0.25, 0.3) is 0 Å². The van der Waals surface area contributed by atoms with Crippen LogP contribution in [-0.2, 0) is 0 Å². The number of nitrogens with one attached hydrogen (secondary N) is 2. The van der Waals surface area contributed by atoms with Crippen molar-refractivity contribution >= 4 is 11.6 Å². The van der Waals surface area contributed by atoms with Gasteiger partial charge in [-0.1, -0.05) is 6.42 Å². The summed E-state index contributed by atoms with van der Waals surface area (Å²) in [4.78, 5) is 4.87. The van der Waals surface area contributed by atoms with Gasteiger partial charge in [0.05, 0.1) is 0 Å². The standard InChI is InChI=1S/C19H28N4O2/c20-10-13-2-1-3-14(8-13)11-21-19(22-15-4-5-15)23-16-6-7-17-18(9-16)25-12-24-17/h6-7,9,13-15H,1-5,8,10-12,20H2,(H2,21,22,23). The predicted octanol–water partition coefficient (Wildman–Crippen LogP) is 2.70. The van der Waals surface area contributed by atoms with E-state index < -0.39 is 0 Å². The maximum Gasteiger partial charge on any atom is 0.231 e. The summed E-state index contributed by atoms with van der Waals surface area (Å²) in [5.74, 6) is 3.78. The fourth-order valence-electron chi connectivity index (χ4n) is 3.66. The number of nitrogens with zero attached hydrogens (tertiary/aromatic N) is 1. The Hall–Kier alpha value is -1.95. The summed E-state index contributed by atoms with van der Waals surface area (Å²) in [6, 6.07) is 6.47. The topological polar surface area (TPSA) is 80.9 Å². The minimum atomic E-state index is 0.296. The van der Waals surface area contributed by atoms with Crippen molar-refractivity contribution in [3.05, 3.63) is 18.2 Å². The van der Waals surface area contributed by atoms with Gasteiger partial charge in [0.25, 0.3) is 0 Å². The van der Waals surface area contributed by atoms with E-state index in [1.165, 1.54) is 38.5 Å². The number of hydrogen-bond donors (Lipinski definition) is 3. The van der Waals surface area contributed by atoms with E-state index in [9.17, 15) is 0 Å². The number of nitrogens with two attached hydrogens (primary N) is 1. The third-order valence-electron chi connectivity index (χ3n) is 5.29. The Kier molecular flexibility index (Phi) is 4.97. The number of ether oxygens (including phenoxy) is 2. The van der Waals surface area contributed by atoms with Gasteiger partial charge >= 0.3 is 0 Å². The van der Waals surface area contributed by atoms with Gasteiger partial charge in [-0.25, -0.2) is 0 Å². The second-order valence-electron chi connectivity index (χ2n) is 7.44. The molecule has 2 saturated carbocycles. The van der Waals surface area contributed by atoms with E-state index in [1.807, 2.05) is 18.2 Å². The van der Waals surface area contributed by atoms with E-state index in [1.54, 1.807) is 0 Å². The van der Waals surface area contributed by atoms with Crippen LogP contribution in [0, 0.1) is 11.8 Å². The van der Waals surface area contributed by atoms with Crippen molar-refractivity contribution < 1.29 is 9.47 Å². The van der Waals surface area contributed by atoms with E-state index >= 15 is 0 Å². The second-order valence-corrected chi connectivity index (χ2v) is 7.44. The minimum absolute atomic E-state index is 0.296. The number of guanidine groups is 1. The molecule has 1 aliphatic heterocycles. The van der Waals surface area contributed by atoms with Crippen molar-refractivity contribution in [3.63, 3.8) is 0 Å². The summed E-state index contributed by atoms with van der Waals surface area (Å²) in [6.45, 7) is 1.97. The zero-order valence-corrected chi connectivity index (χ0v) is 14.7. The Morgan fingerprint density at radius 2 is 1.96 bits per heavy atom. The van der Waals surface area contributed by atoms with Gasteiger partial charge in [-0.15, -0.1) is 0 Å². The maximum atomic E-state index is 5.86. The fraction of sp³-hybridized carbons (Fsp3) is 0.632. The monoisotopic (exact) mass is 344 g/mol. The molecular formula is C19H28N4O2. The summed E-state index contributed by atoms with van der Waals surface area (Å²) in [5, 5.41) is 6.94. The molecule has 0 amide bonds. The lowest BCUT2D eigenvalue weighted by Gasteiger charge is -2.27. The number of fused-ring (bicyclic) bond motifs is 1. The molecule has 2 unspecified atom stereocenters. The van der Waals surface area contributed by atoms with E-state index in [2.05, 4.69) is 10.6 Å². The lowest BCUT2D eigenvalue weighted by molar-refractivity contribution is 0.174. The number of benzene rings is 1. The highest BCUT2D eigenvalue weighted by Crippen LogP contribution is 2.34. The predicted molar refractivity (Wildman–Crippen MR) is 99.1 cm³/mol. The Bertz CT molecular complexity index is 630. The first-order chi connectivity index (χ1) is 12.3. The molecule has 2 fully saturated rings. The molecule has 0 saturated heterocycles. The molecule has 0 aromatic heterocycles. The fourth-order valence-corrected chi connectivity index (χ4v) is 3.66. The van der Waals surface area contributed by atoms with Crippen LogP contribution >= 0.6 is 0 Å². The third-order valence-corrected chi connectivity index (χ3v) is 5.29. The van der Waals surface area contributed by atoms with Crippen LogP contribution in [-0.4, -0.2) is 31.9 Å². The van der Waals surface area contributed by atoms with Crippen LogP contribution in [0.5, 0.6) is 11.5 Å². The maximum absolute atomic E-state index is 5.86. The molecule has 6 nitrogen and oxygen atoms in total. The van der Waals surface area contributed by atoms with Crippen molar-refractivity contribution in [2.24, 2.45) is 22.6 Å². The average molecular weight is 344 g/mol. The molecule has 136 valence electrons. The molecule has 4 N–H and O–H groups in total. The van der Waals surface area contributed by atoms with Crippen molar-refractivity contribution in [1.82, 2.24) is 5.32 Å². The van der Waals surface area contributed by atoms with Gasteiger partial charge in [0.15, 0.2) is 17.5 Å². The van der Waals surface area contributed by atoms with E-state index in [-0.39, 0.29) is 0 Å². The summed E-state index contributed by atoms with van der Waals surface area (Å²) in [5.41, 5.74) is 6.83. The molecule has 1 aromatic carbocycles. The molecule has 2 atom stereocenters. The molecule has 6 heteroatoms. The van der Waals surface area contributed by atoms with Crippen LogP contribution in [0.2, 0.25) is 0 Å². The molecule has 0 spiro atoms. The molecule has 1 heterocycles. The van der Waals surface area contributed by atoms with Gasteiger partial charge in [0.2, 0.25) is 6.79 Å². The molecule has 3 aliphatic rings. The van der Waals surface area contributed by atoms with Gasteiger partial charge in [-0.2, -0.15) is 0 Å². The van der Waals surface area contributed by atoms with Crippen molar-refractivity contribution in [2.45, 2.75) is 44.6 Å². The lowest BCUT2D eigenvalue weighted by Crippen LogP contribution is -2.33. The Balaban J connectivity index is 1.40. The molecule has 1 aromatic rings. The smallest absolute Gasteiger partial charge is 0.231 e. The normalized spacial score (nSPS) is 25.7. The molecule has 0 radical (unpaired) electrons. The van der Waals surface area contributed by atoms with Gasteiger partial charge in [-0.05, 0) is 62.6 Å². The molecular weight excluding hydrogens is 316 g/mol.